The zero-order valence-corrected chi connectivity index (χ0v) is 15.7. The lowest BCUT2D eigenvalue weighted by Gasteiger charge is -2.17. The van der Waals surface area contributed by atoms with E-state index in [0.29, 0.717) is 5.56 Å². The number of carbonyl (C=O) groups excluding carboxylic acids is 1. The van der Waals surface area contributed by atoms with Gasteiger partial charge >= 0.3 is 13.6 Å². The number of carboxylic acids is 1. The van der Waals surface area contributed by atoms with Crippen molar-refractivity contribution in [3.63, 3.8) is 0 Å². The highest BCUT2D eigenvalue weighted by molar-refractivity contribution is 7.53. The molecule has 1 aromatic carbocycles. The quantitative estimate of drug-likeness (QED) is 0.564. The molecule has 0 radical (unpaired) electrons. The van der Waals surface area contributed by atoms with Gasteiger partial charge in [0.05, 0.1) is 25.4 Å². The molecule has 0 heterocycles. The number of hydrogen-bond acceptors (Lipinski definition) is 6. The summed E-state index contributed by atoms with van der Waals surface area (Å²) < 4.78 is 23.0. The highest BCUT2D eigenvalue weighted by Crippen LogP contribution is 2.51. The van der Waals surface area contributed by atoms with Crippen LogP contribution >= 0.6 is 7.60 Å². The number of hydrogen-bond donors (Lipinski definition) is 2. The molecule has 0 unspecified atom stereocenters. The molecule has 1 amide bonds. The lowest BCUT2D eigenvalue weighted by molar-refractivity contribution is -0.139. The van der Waals surface area contributed by atoms with Crippen LogP contribution in [0.4, 0.5) is 0 Å². The summed E-state index contributed by atoms with van der Waals surface area (Å²) in [6, 6.07) is 6.98. The van der Waals surface area contributed by atoms with E-state index in [1.807, 2.05) is 6.07 Å². The number of nitriles is 1. The summed E-state index contributed by atoms with van der Waals surface area (Å²) in [5.74, 6) is -1.75. The first-order valence-corrected chi connectivity index (χ1v) is 9.95. The third kappa shape index (κ3) is 6.96. The lowest BCUT2D eigenvalue weighted by Crippen LogP contribution is -2.40. The fraction of sp³-hybridized carbons (Fsp3) is 0.471. The van der Waals surface area contributed by atoms with Gasteiger partial charge in [-0.25, -0.2) is 4.79 Å². The second-order valence-electron chi connectivity index (χ2n) is 5.36. The summed E-state index contributed by atoms with van der Waals surface area (Å²) >= 11 is 0. The molecule has 0 aliphatic heterocycles. The fourth-order valence-electron chi connectivity index (χ4n) is 2.21. The Labute approximate surface area is 152 Å². The Morgan fingerprint density at radius 2 is 1.81 bits per heavy atom. The number of nitrogens with zero attached hydrogens (tertiary/aromatic N) is 1. The van der Waals surface area contributed by atoms with Crippen molar-refractivity contribution in [2.75, 3.05) is 13.2 Å². The molecule has 0 saturated heterocycles. The second kappa shape index (κ2) is 10.7. The van der Waals surface area contributed by atoms with Crippen molar-refractivity contribution in [1.82, 2.24) is 5.32 Å². The van der Waals surface area contributed by atoms with Gasteiger partial charge in [-0.05, 0) is 38.0 Å². The van der Waals surface area contributed by atoms with Crippen LogP contribution in [-0.4, -0.2) is 36.2 Å². The topological polar surface area (TPSA) is 126 Å². The molecule has 1 atom stereocenters. The molecule has 0 aliphatic carbocycles. The largest absolute Gasteiger partial charge is 0.480 e. The monoisotopic (exact) mass is 382 g/mol. The number of rotatable bonds is 11. The van der Waals surface area contributed by atoms with Crippen LogP contribution in [0.15, 0.2) is 24.3 Å². The molecule has 0 spiro atoms. The van der Waals surface area contributed by atoms with E-state index >= 15 is 0 Å². The molecule has 8 nitrogen and oxygen atoms in total. The summed E-state index contributed by atoms with van der Waals surface area (Å²) in [5.41, 5.74) is 0.936. The fourth-order valence-corrected chi connectivity index (χ4v) is 3.92. The van der Waals surface area contributed by atoms with E-state index in [4.69, 9.17) is 19.4 Å². The number of carboxylic acid groups (broad SMARTS) is 1. The van der Waals surface area contributed by atoms with E-state index < -0.39 is 25.5 Å². The SMILES string of the molecule is CCOP(=O)(Cc1ccc(C(=O)N[C@@H](CCC#N)C(=O)O)cc1)OCC. The van der Waals surface area contributed by atoms with Gasteiger partial charge in [0.2, 0.25) is 0 Å². The van der Waals surface area contributed by atoms with Crippen molar-refractivity contribution in [2.45, 2.75) is 38.9 Å². The van der Waals surface area contributed by atoms with E-state index in [0.717, 1.165) is 0 Å². The zero-order chi connectivity index (χ0) is 19.6. The van der Waals surface area contributed by atoms with E-state index in [2.05, 4.69) is 5.32 Å². The Balaban J connectivity index is 2.79. The lowest BCUT2D eigenvalue weighted by atomic mass is 10.1. The maximum Gasteiger partial charge on any atom is 0.335 e. The van der Waals surface area contributed by atoms with Crippen LogP contribution in [-0.2, 0) is 24.6 Å². The Morgan fingerprint density at radius 1 is 1.23 bits per heavy atom. The first-order valence-electron chi connectivity index (χ1n) is 8.23. The average Bonchev–Trinajstić information content (AvgIpc) is 2.59. The van der Waals surface area contributed by atoms with Crippen LogP contribution in [0.5, 0.6) is 0 Å². The van der Waals surface area contributed by atoms with Crippen LogP contribution in [0, 0.1) is 11.3 Å². The van der Waals surface area contributed by atoms with Gasteiger partial charge in [0.15, 0.2) is 0 Å². The summed E-state index contributed by atoms with van der Waals surface area (Å²) in [6.45, 7) is 3.97. The van der Waals surface area contributed by atoms with Gasteiger partial charge in [-0.2, -0.15) is 5.26 Å². The molecule has 1 rings (SSSR count). The van der Waals surface area contributed by atoms with E-state index in [1.54, 1.807) is 26.0 Å². The number of aliphatic carboxylic acids is 1. The van der Waals surface area contributed by atoms with Crippen molar-refractivity contribution in [1.29, 1.82) is 5.26 Å². The summed E-state index contributed by atoms with van der Waals surface area (Å²) in [4.78, 5) is 23.3. The zero-order valence-electron chi connectivity index (χ0n) is 14.8. The van der Waals surface area contributed by atoms with Crippen molar-refractivity contribution >= 4 is 19.5 Å². The van der Waals surface area contributed by atoms with Crippen molar-refractivity contribution in [3.05, 3.63) is 35.4 Å². The summed E-state index contributed by atoms with van der Waals surface area (Å²) in [5, 5.41) is 20.0. The standard InChI is InChI=1S/C17H23N2O6P/c1-3-24-26(23,25-4-2)12-13-7-9-14(10-8-13)16(20)19-15(17(21)22)6-5-11-18/h7-10,15H,3-6,12H2,1-2H3,(H,19,20)(H,21,22)/t15-/m0/s1. The normalized spacial score (nSPS) is 12.2. The minimum atomic E-state index is -3.24. The van der Waals surface area contributed by atoms with Gasteiger partial charge in [0, 0.05) is 12.0 Å². The van der Waals surface area contributed by atoms with Gasteiger partial charge in [0.1, 0.15) is 6.04 Å². The number of nitrogens with one attached hydrogen (secondary N) is 1. The smallest absolute Gasteiger partial charge is 0.335 e. The Morgan fingerprint density at radius 3 is 2.27 bits per heavy atom. The minimum absolute atomic E-state index is 0.0281. The number of amides is 1. The molecular formula is C17H23N2O6P. The predicted molar refractivity (Wildman–Crippen MR) is 94.7 cm³/mol. The number of carbonyl (C=O) groups is 2. The molecule has 2 N–H and O–H groups in total. The van der Waals surface area contributed by atoms with Gasteiger partial charge in [-0.15, -0.1) is 0 Å². The molecular weight excluding hydrogens is 359 g/mol. The molecule has 0 saturated carbocycles. The van der Waals surface area contributed by atoms with E-state index in [-0.39, 0.29) is 37.8 Å². The Hall–Kier alpha value is -2.20. The van der Waals surface area contributed by atoms with Crippen molar-refractivity contribution in [2.24, 2.45) is 0 Å². The third-order valence-corrected chi connectivity index (χ3v) is 5.45. The van der Waals surface area contributed by atoms with Crippen molar-refractivity contribution in [3.8, 4) is 6.07 Å². The molecule has 0 bridgehead atoms. The molecule has 26 heavy (non-hydrogen) atoms. The Bertz CT molecular complexity index is 688. The van der Waals surface area contributed by atoms with Crippen molar-refractivity contribution < 1.29 is 28.3 Å². The molecule has 0 aromatic heterocycles. The summed E-state index contributed by atoms with van der Waals surface area (Å²) in [7, 11) is -3.24. The highest BCUT2D eigenvalue weighted by atomic mass is 31.2. The molecule has 0 fully saturated rings. The molecule has 0 aliphatic rings. The minimum Gasteiger partial charge on any atom is -0.480 e. The first kappa shape index (κ1) is 21.8. The van der Waals surface area contributed by atoms with E-state index in [9.17, 15) is 14.2 Å². The van der Waals surface area contributed by atoms with Gasteiger partial charge < -0.3 is 19.5 Å². The van der Waals surface area contributed by atoms with Crippen LogP contribution < -0.4 is 5.32 Å². The van der Waals surface area contributed by atoms with Gasteiger partial charge in [-0.3, -0.25) is 9.36 Å². The molecule has 9 heteroatoms. The second-order valence-corrected chi connectivity index (χ2v) is 7.42. The molecule has 142 valence electrons. The third-order valence-electron chi connectivity index (χ3n) is 3.39. The van der Waals surface area contributed by atoms with Crippen LogP contribution in [0.3, 0.4) is 0 Å². The predicted octanol–water partition coefficient (Wildman–Crippen LogP) is 2.94. The number of benzene rings is 1. The van der Waals surface area contributed by atoms with Crippen LogP contribution in [0.2, 0.25) is 0 Å². The van der Waals surface area contributed by atoms with Crippen LogP contribution in [0.25, 0.3) is 0 Å². The first-order chi connectivity index (χ1) is 12.3. The van der Waals surface area contributed by atoms with Gasteiger partial charge in [-0.1, -0.05) is 12.1 Å². The highest BCUT2D eigenvalue weighted by Gasteiger charge is 2.24. The van der Waals surface area contributed by atoms with Gasteiger partial charge in [0.25, 0.3) is 5.91 Å². The maximum absolute atomic E-state index is 12.5. The van der Waals surface area contributed by atoms with Crippen LogP contribution in [0.1, 0.15) is 42.6 Å². The maximum atomic E-state index is 12.5. The molecule has 1 aromatic rings. The van der Waals surface area contributed by atoms with E-state index in [1.165, 1.54) is 12.1 Å². The Kier molecular flexibility index (Phi) is 9.00. The average molecular weight is 382 g/mol. The summed E-state index contributed by atoms with van der Waals surface area (Å²) in [6.07, 6.45) is 0.137.